The van der Waals surface area contributed by atoms with Gasteiger partial charge in [0.05, 0.1) is 6.10 Å². The number of nitrogens with two attached hydrogens (primary N) is 1. The summed E-state index contributed by atoms with van der Waals surface area (Å²) >= 11 is 0. The van der Waals surface area contributed by atoms with E-state index in [1.165, 1.54) is 31.3 Å². The summed E-state index contributed by atoms with van der Waals surface area (Å²) in [7, 11) is 0. The molecule has 4 N–H and O–H groups in total. The lowest BCUT2D eigenvalue weighted by Crippen LogP contribution is -2.49. The summed E-state index contributed by atoms with van der Waals surface area (Å²) in [5, 5.41) is 20.2. The van der Waals surface area contributed by atoms with Gasteiger partial charge in [-0.05, 0) is 85.5 Å². The average molecular weight is 350 g/mol. The van der Waals surface area contributed by atoms with E-state index in [2.05, 4.69) is 27.4 Å². The highest BCUT2D eigenvalue weighted by molar-refractivity contribution is 5.22. The summed E-state index contributed by atoms with van der Waals surface area (Å²) < 4.78 is 0. The van der Waals surface area contributed by atoms with Gasteiger partial charge in [0.1, 0.15) is 0 Å². The second-order valence-corrected chi connectivity index (χ2v) is 9.90. The molecule has 144 valence electrons. The molecule has 3 rings (SSSR count). The van der Waals surface area contributed by atoms with Crippen LogP contribution in [-0.4, -0.2) is 29.5 Å². The summed E-state index contributed by atoms with van der Waals surface area (Å²) in [6.45, 7) is 12.6. The Morgan fingerprint density at radius 3 is 2.52 bits per heavy atom. The maximum absolute atomic E-state index is 10.1. The van der Waals surface area contributed by atoms with Crippen LogP contribution in [0.1, 0.15) is 65.7 Å². The zero-order valence-corrected chi connectivity index (χ0v) is 16.5. The summed E-state index contributed by atoms with van der Waals surface area (Å²) in [4.78, 5) is 0. The van der Waals surface area contributed by atoms with E-state index in [0.29, 0.717) is 23.7 Å². The van der Waals surface area contributed by atoms with Crippen molar-refractivity contribution in [2.24, 2.45) is 46.2 Å². The Balaban J connectivity index is 1.95. The molecule has 0 aromatic carbocycles. The number of hydrogen-bond acceptors (Lipinski definition) is 3. The lowest BCUT2D eigenvalue weighted by atomic mass is 9.54. The fourth-order valence-electron chi connectivity index (χ4n) is 7.08. The molecule has 0 radical (unpaired) electrons. The first-order valence-corrected chi connectivity index (χ1v) is 10.5. The number of allylic oxidation sites excluding steroid dienone is 1. The highest BCUT2D eigenvalue weighted by atomic mass is 16.3. The maximum atomic E-state index is 10.1. The van der Waals surface area contributed by atoms with Gasteiger partial charge < -0.3 is 15.9 Å². The van der Waals surface area contributed by atoms with Crippen LogP contribution in [0.25, 0.3) is 0 Å². The van der Waals surface area contributed by atoms with Gasteiger partial charge in [0.15, 0.2) is 0 Å². The Labute approximate surface area is 154 Å². The fraction of sp³-hybridized carbons (Fsp3) is 0.909. The van der Waals surface area contributed by atoms with Crippen molar-refractivity contribution >= 4 is 0 Å². The Bertz CT molecular complexity index is 506. The van der Waals surface area contributed by atoms with Crippen molar-refractivity contribution in [3.63, 3.8) is 0 Å². The normalized spacial score (nSPS) is 51.2. The average Bonchev–Trinajstić information content (AvgIpc) is 2.73. The van der Waals surface area contributed by atoms with E-state index in [4.69, 9.17) is 5.73 Å². The molecule has 0 spiro atoms. The van der Waals surface area contributed by atoms with E-state index < -0.39 is 0 Å². The molecule has 3 fully saturated rings. The molecule has 0 saturated heterocycles. The van der Waals surface area contributed by atoms with Crippen LogP contribution in [0.4, 0.5) is 0 Å². The third kappa shape index (κ3) is 3.00. The highest BCUT2D eigenvalue weighted by Gasteiger charge is 2.55. The smallest absolute Gasteiger partial charge is 0.0544 e. The van der Waals surface area contributed by atoms with Crippen LogP contribution in [0.3, 0.4) is 0 Å². The van der Waals surface area contributed by atoms with Crippen LogP contribution in [0, 0.1) is 40.4 Å². The van der Waals surface area contributed by atoms with Crippen LogP contribution in [-0.2, 0) is 0 Å². The van der Waals surface area contributed by atoms with Crippen LogP contribution < -0.4 is 5.73 Å². The minimum absolute atomic E-state index is 0.0937. The molecule has 0 heterocycles. The number of aliphatic hydroxyl groups is 2. The van der Waals surface area contributed by atoms with E-state index >= 15 is 0 Å². The predicted octanol–water partition coefficient (Wildman–Crippen LogP) is 3.74. The first kappa shape index (κ1) is 19.4. The van der Waals surface area contributed by atoms with Crippen LogP contribution in [0.2, 0.25) is 0 Å². The highest BCUT2D eigenvalue weighted by Crippen LogP contribution is 2.62. The number of hydrogen-bond donors (Lipinski definition) is 3. The molecule has 1 unspecified atom stereocenters. The third-order valence-corrected chi connectivity index (χ3v) is 8.84. The van der Waals surface area contributed by atoms with Crippen LogP contribution in [0.5, 0.6) is 0 Å². The predicted molar refractivity (Wildman–Crippen MR) is 103 cm³/mol. The molecule has 3 aliphatic carbocycles. The van der Waals surface area contributed by atoms with Gasteiger partial charge in [0.25, 0.3) is 0 Å². The lowest BCUT2D eigenvalue weighted by Gasteiger charge is -2.51. The van der Waals surface area contributed by atoms with Crippen molar-refractivity contribution in [2.45, 2.75) is 71.8 Å². The molecular formula is C22H39NO2. The molecule has 3 nitrogen and oxygen atoms in total. The van der Waals surface area contributed by atoms with Gasteiger partial charge in [0, 0.05) is 6.61 Å². The Kier molecular flexibility index (Phi) is 5.41. The van der Waals surface area contributed by atoms with Gasteiger partial charge >= 0.3 is 0 Å². The largest absolute Gasteiger partial charge is 0.396 e. The van der Waals surface area contributed by atoms with Crippen molar-refractivity contribution in [3.05, 3.63) is 12.2 Å². The second-order valence-electron chi connectivity index (χ2n) is 9.90. The molecular weight excluding hydrogens is 310 g/mol. The van der Waals surface area contributed by atoms with E-state index in [1.54, 1.807) is 0 Å². The topological polar surface area (TPSA) is 66.5 Å². The van der Waals surface area contributed by atoms with E-state index in [1.807, 2.05) is 0 Å². The quantitative estimate of drug-likeness (QED) is 0.680. The SMILES string of the molecule is C=C1C(C)C[C@H]2[C@H](CN)[C@@H]([C@@]3(C)CC[C@H](O)C[C@@H]3CO)CCC[C@]12C. The Morgan fingerprint density at radius 2 is 1.88 bits per heavy atom. The zero-order valence-electron chi connectivity index (χ0n) is 16.5. The van der Waals surface area contributed by atoms with Crippen molar-refractivity contribution in [1.82, 2.24) is 0 Å². The second kappa shape index (κ2) is 6.98. The number of fused-ring (bicyclic) bond motifs is 1. The molecule has 25 heavy (non-hydrogen) atoms. The Hall–Kier alpha value is -0.380. The monoisotopic (exact) mass is 349 g/mol. The fourth-order valence-corrected chi connectivity index (χ4v) is 7.08. The number of rotatable bonds is 3. The molecule has 3 saturated carbocycles. The molecule has 0 aromatic rings. The molecule has 3 aliphatic rings. The zero-order chi connectivity index (χ0) is 18.4. The molecule has 3 heteroatoms. The van der Waals surface area contributed by atoms with Crippen LogP contribution in [0.15, 0.2) is 12.2 Å². The number of aliphatic hydroxyl groups excluding tert-OH is 2. The summed E-state index contributed by atoms with van der Waals surface area (Å²) in [6.07, 6.45) is 7.27. The van der Waals surface area contributed by atoms with Crippen molar-refractivity contribution < 1.29 is 10.2 Å². The van der Waals surface area contributed by atoms with Gasteiger partial charge in [0.2, 0.25) is 0 Å². The van der Waals surface area contributed by atoms with Gasteiger partial charge in [-0.2, -0.15) is 0 Å². The third-order valence-electron chi connectivity index (χ3n) is 8.84. The minimum atomic E-state index is -0.246. The van der Waals surface area contributed by atoms with E-state index in [0.717, 1.165) is 25.8 Å². The molecule has 0 aliphatic heterocycles. The van der Waals surface area contributed by atoms with Crippen molar-refractivity contribution in [3.8, 4) is 0 Å². The van der Waals surface area contributed by atoms with Crippen LogP contribution >= 0.6 is 0 Å². The standard InChI is InChI=1S/C22H39NO2/c1-14-10-20-18(12-23)19(6-5-8-21(20,3)15(14)2)22(4)9-7-17(25)11-16(22)13-24/h14,16-20,24-25H,2,5-13,23H2,1,3-4H3/t14?,16-,17+,18-,19+,20+,21-,22+/m1/s1. The Morgan fingerprint density at radius 1 is 1.16 bits per heavy atom. The first-order chi connectivity index (χ1) is 11.8. The van der Waals surface area contributed by atoms with Gasteiger partial charge in [-0.3, -0.25) is 0 Å². The molecule has 0 aromatic heterocycles. The van der Waals surface area contributed by atoms with Gasteiger partial charge in [-0.15, -0.1) is 0 Å². The maximum Gasteiger partial charge on any atom is 0.0544 e. The van der Waals surface area contributed by atoms with E-state index in [-0.39, 0.29) is 29.5 Å². The minimum Gasteiger partial charge on any atom is -0.396 e. The van der Waals surface area contributed by atoms with Crippen molar-refractivity contribution in [2.75, 3.05) is 13.2 Å². The van der Waals surface area contributed by atoms with Gasteiger partial charge in [-0.1, -0.05) is 39.3 Å². The van der Waals surface area contributed by atoms with E-state index in [9.17, 15) is 10.2 Å². The summed E-state index contributed by atoms with van der Waals surface area (Å²) in [5.41, 5.74) is 8.18. The lowest BCUT2D eigenvalue weighted by molar-refractivity contribution is -0.0679. The summed E-state index contributed by atoms with van der Waals surface area (Å²) in [6, 6.07) is 0. The molecule has 0 bridgehead atoms. The molecule has 0 amide bonds. The van der Waals surface area contributed by atoms with Gasteiger partial charge in [-0.25, -0.2) is 0 Å². The first-order valence-electron chi connectivity index (χ1n) is 10.5. The molecule has 8 atom stereocenters. The summed E-state index contributed by atoms with van der Waals surface area (Å²) in [5.74, 6) is 2.46. The van der Waals surface area contributed by atoms with Crippen molar-refractivity contribution in [1.29, 1.82) is 0 Å².